The highest BCUT2D eigenvalue weighted by atomic mass is 19.1. The maximum Gasteiger partial charge on any atom is 0.218 e. The molecule has 1 aromatic carbocycles. The summed E-state index contributed by atoms with van der Waals surface area (Å²) in [7, 11) is 1.61. The quantitative estimate of drug-likeness (QED) is 0.510. The highest BCUT2D eigenvalue weighted by Crippen LogP contribution is 2.22. The van der Waals surface area contributed by atoms with E-state index in [1.807, 2.05) is 31.2 Å². The molecule has 1 saturated heterocycles. The Hall–Kier alpha value is -2.71. The lowest BCUT2D eigenvalue weighted by atomic mass is 10.0. The zero-order valence-electron chi connectivity index (χ0n) is 17.6. The van der Waals surface area contributed by atoms with Gasteiger partial charge in [-0.25, -0.2) is 14.4 Å². The predicted octanol–water partition coefficient (Wildman–Crippen LogP) is 2.36. The van der Waals surface area contributed by atoms with Gasteiger partial charge in [-0.2, -0.15) is 0 Å². The highest BCUT2D eigenvalue weighted by molar-refractivity contribution is 5.79. The van der Waals surface area contributed by atoms with Crippen molar-refractivity contribution < 1.29 is 13.9 Å². The number of nitrogens with one attached hydrogen (secondary N) is 2. The fourth-order valence-electron chi connectivity index (χ4n) is 3.46. The number of rotatable bonds is 8. The van der Waals surface area contributed by atoms with Crippen LogP contribution in [0.15, 0.2) is 47.6 Å². The van der Waals surface area contributed by atoms with Gasteiger partial charge in [0.1, 0.15) is 5.82 Å². The summed E-state index contributed by atoms with van der Waals surface area (Å²) in [5.74, 6) is 1.06. The number of guanidine groups is 1. The maximum atomic E-state index is 13.4. The fraction of sp³-hybridized carbons (Fsp3) is 0.455. The first-order valence-electron chi connectivity index (χ1n) is 10.3. The van der Waals surface area contributed by atoms with Crippen LogP contribution in [-0.4, -0.2) is 62.3 Å². The number of hydrogen-bond acceptors (Lipinski definition) is 5. The number of methoxy groups -OCH3 is 1. The van der Waals surface area contributed by atoms with Crippen LogP contribution < -0.4 is 15.4 Å². The lowest BCUT2D eigenvalue weighted by molar-refractivity contribution is 0.0170. The summed E-state index contributed by atoms with van der Waals surface area (Å²) in [4.78, 5) is 11.3. The van der Waals surface area contributed by atoms with Gasteiger partial charge in [-0.3, -0.25) is 4.90 Å². The molecule has 162 valence electrons. The van der Waals surface area contributed by atoms with Crippen LogP contribution in [0.1, 0.15) is 24.1 Å². The summed E-state index contributed by atoms with van der Waals surface area (Å²) in [5.41, 5.74) is 1.98. The van der Waals surface area contributed by atoms with Crippen LogP contribution in [0, 0.1) is 5.82 Å². The van der Waals surface area contributed by atoms with Gasteiger partial charge >= 0.3 is 0 Å². The van der Waals surface area contributed by atoms with Gasteiger partial charge in [-0.15, -0.1) is 0 Å². The third-order valence-electron chi connectivity index (χ3n) is 5.00. The summed E-state index contributed by atoms with van der Waals surface area (Å²) < 4.78 is 24.3. The van der Waals surface area contributed by atoms with Crippen molar-refractivity contribution in [1.82, 2.24) is 20.5 Å². The molecule has 0 bridgehead atoms. The summed E-state index contributed by atoms with van der Waals surface area (Å²) in [6.45, 7) is 6.94. The minimum absolute atomic E-state index is 0.0892. The Morgan fingerprint density at radius 2 is 2.00 bits per heavy atom. The average molecular weight is 416 g/mol. The molecule has 8 heteroatoms. The SMILES string of the molecule is CCNC(=NCc1cccnc1OC)NCC(c1ccc(F)cc1)N1CCOCC1. The van der Waals surface area contributed by atoms with Crippen molar-refractivity contribution in [3.63, 3.8) is 0 Å². The Bertz CT molecular complexity index is 809. The molecule has 2 aromatic rings. The number of aromatic nitrogens is 1. The second-order valence-corrected chi connectivity index (χ2v) is 6.96. The number of benzene rings is 1. The van der Waals surface area contributed by atoms with E-state index >= 15 is 0 Å². The van der Waals surface area contributed by atoms with E-state index in [-0.39, 0.29) is 11.9 Å². The Morgan fingerprint density at radius 1 is 1.23 bits per heavy atom. The summed E-state index contributed by atoms with van der Waals surface area (Å²) in [6.07, 6.45) is 1.70. The van der Waals surface area contributed by atoms with Gasteiger partial charge in [0.25, 0.3) is 0 Å². The molecule has 0 aliphatic carbocycles. The Balaban J connectivity index is 1.72. The predicted molar refractivity (Wildman–Crippen MR) is 115 cm³/mol. The van der Waals surface area contributed by atoms with Crippen LogP contribution >= 0.6 is 0 Å². The van der Waals surface area contributed by atoms with Gasteiger partial charge in [0, 0.05) is 37.9 Å². The summed E-state index contributed by atoms with van der Waals surface area (Å²) in [6, 6.07) is 10.6. The standard InChI is InChI=1S/C22H30FN5O2/c1-3-24-22(26-15-18-5-4-10-25-21(18)29-2)27-16-20(28-11-13-30-14-12-28)17-6-8-19(23)9-7-17/h4-10,20H,3,11-16H2,1-2H3,(H2,24,26,27). The average Bonchev–Trinajstić information content (AvgIpc) is 2.79. The fourth-order valence-corrected chi connectivity index (χ4v) is 3.46. The molecule has 0 spiro atoms. The molecule has 1 aliphatic rings. The van der Waals surface area contributed by atoms with Crippen molar-refractivity contribution >= 4 is 5.96 Å². The van der Waals surface area contributed by atoms with Crippen molar-refractivity contribution in [1.29, 1.82) is 0 Å². The van der Waals surface area contributed by atoms with Gasteiger partial charge in [-0.05, 0) is 30.7 Å². The molecule has 2 heterocycles. The number of ether oxygens (including phenoxy) is 2. The Morgan fingerprint density at radius 3 is 2.70 bits per heavy atom. The van der Waals surface area contributed by atoms with E-state index in [4.69, 9.17) is 9.47 Å². The second-order valence-electron chi connectivity index (χ2n) is 6.96. The number of hydrogen-bond donors (Lipinski definition) is 2. The minimum atomic E-state index is -0.229. The van der Waals surface area contributed by atoms with Crippen LogP contribution in [-0.2, 0) is 11.3 Å². The van der Waals surface area contributed by atoms with Gasteiger partial charge in [0.15, 0.2) is 5.96 Å². The zero-order valence-corrected chi connectivity index (χ0v) is 17.6. The van der Waals surface area contributed by atoms with Crippen molar-refractivity contribution in [3.05, 3.63) is 59.5 Å². The van der Waals surface area contributed by atoms with E-state index < -0.39 is 0 Å². The molecule has 3 rings (SSSR count). The number of pyridine rings is 1. The maximum absolute atomic E-state index is 13.4. The smallest absolute Gasteiger partial charge is 0.218 e. The van der Waals surface area contributed by atoms with Gasteiger partial charge in [-0.1, -0.05) is 18.2 Å². The van der Waals surface area contributed by atoms with E-state index in [1.165, 1.54) is 12.1 Å². The van der Waals surface area contributed by atoms with Gasteiger partial charge in [0.2, 0.25) is 5.88 Å². The first-order valence-corrected chi connectivity index (χ1v) is 10.3. The van der Waals surface area contributed by atoms with E-state index in [9.17, 15) is 4.39 Å². The Labute approximate surface area is 177 Å². The first kappa shape index (κ1) is 22.0. The zero-order chi connectivity index (χ0) is 21.2. The third-order valence-corrected chi connectivity index (χ3v) is 5.00. The topological polar surface area (TPSA) is 71.0 Å². The molecule has 1 fully saturated rings. The minimum Gasteiger partial charge on any atom is -0.481 e. The van der Waals surface area contributed by atoms with Crippen LogP contribution in [0.5, 0.6) is 5.88 Å². The molecule has 2 N–H and O–H groups in total. The van der Waals surface area contributed by atoms with E-state index in [0.29, 0.717) is 38.1 Å². The normalized spacial score (nSPS) is 16.2. The van der Waals surface area contributed by atoms with E-state index in [0.717, 1.165) is 30.8 Å². The molecule has 7 nitrogen and oxygen atoms in total. The molecule has 0 saturated carbocycles. The molecule has 30 heavy (non-hydrogen) atoms. The molecule has 0 amide bonds. The largest absolute Gasteiger partial charge is 0.481 e. The van der Waals surface area contributed by atoms with Crippen LogP contribution in [0.25, 0.3) is 0 Å². The second kappa shape index (κ2) is 11.5. The lowest BCUT2D eigenvalue weighted by Crippen LogP contribution is -2.46. The molecule has 1 aromatic heterocycles. The summed E-state index contributed by atoms with van der Waals surface area (Å²) >= 11 is 0. The van der Waals surface area contributed by atoms with Gasteiger partial charge in [0.05, 0.1) is 32.9 Å². The summed E-state index contributed by atoms with van der Waals surface area (Å²) in [5, 5.41) is 6.72. The molecule has 1 atom stereocenters. The number of halogens is 1. The van der Waals surface area contributed by atoms with Crippen molar-refractivity contribution in [2.75, 3.05) is 46.5 Å². The molecule has 1 aliphatic heterocycles. The number of nitrogens with zero attached hydrogens (tertiary/aromatic N) is 3. The molecule has 1 unspecified atom stereocenters. The first-order chi connectivity index (χ1) is 14.7. The van der Waals surface area contributed by atoms with Crippen molar-refractivity contribution in [3.8, 4) is 5.88 Å². The monoisotopic (exact) mass is 415 g/mol. The van der Waals surface area contributed by atoms with Crippen LogP contribution in [0.3, 0.4) is 0 Å². The molecular formula is C22H30FN5O2. The van der Waals surface area contributed by atoms with E-state index in [1.54, 1.807) is 13.3 Å². The lowest BCUT2D eigenvalue weighted by Gasteiger charge is -2.35. The van der Waals surface area contributed by atoms with Crippen LogP contribution in [0.2, 0.25) is 0 Å². The van der Waals surface area contributed by atoms with Gasteiger partial charge < -0.3 is 20.1 Å². The van der Waals surface area contributed by atoms with Crippen LogP contribution in [0.4, 0.5) is 4.39 Å². The Kier molecular flexibility index (Phi) is 8.41. The number of aliphatic imine (C=N–C) groups is 1. The molecule has 0 radical (unpaired) electrons. The number of morpholine rings is 1. The highest BCUT2D eigenvalue weighted by Gasteiger charge is 2.23. The molecular weight excluding hydrogens is 385 g/mol. The van der Waals surface area contributed by atoms with Crippen molar-refractivity contribution in [2.24, 2.45) is 4.99 Å². The van der Waals surface area contributed by atoms with Crippen molar-refractivity contribution in [2.45, 2.75) is 19.5 Å². The third kappa shape index (κ3) is 6.14. The van der Waals surface area contributed by atoms with E-state index in [2.05, 4.69) is 25.5 Å².